The number of hydrogen-bond acceptors (Lipinski definition) is 1. The zero-order valence-corrected chi connectivity index (χ0v) is 13.7. The van der Waals surface area contributed by atoms with Crippen molar-refractivity contribution in [3.63, 3.8) is 0 Å². The molecule has 0 spiro atoms. The minimum Gasteiger partial charge on any atom is -0.314 e. The molecule has 1 amide bonds. The molecule has 0 radical (unpaired) electrons. The summed E-state index contributed by atoms with van der Waals surface area (Å²) in [7, 11) is 1.73. The summed E-state index contributed by atoms with van der Waals surface area (Å²) in [5.74, 6) is -0.0538. The maximum absolute atomic E-state index is 12.4. The fourth-order valence-electron chi connectivity index (χ4n) is 2.41. The van der Waals surface area contributed by atoms with Gasteiger partial charge in [-0.15, -0.1) is 0 Å². The van der Waals surface area contributed by atoms with Crippen molar-refractivity contribution in [2.24, 2.45) is 0 Å². The minimum atomic E-state index is -1.46. The number of benzene rings is 1. The number of amides is 1. The molecular weight excluding hydrogens is 360 g/mol. The number of hydrogen-bond donors (Lipinski definition) is 0. The maximum atomic E-state index is 12.4. The van der Waals surface area contributed by atoms with Crippen LogP contribution in [-0.4, -0.2) is 16.7 Å². The summed E-state index contributed by atoms with van der Waals surface area (Å²) < 4.78 is -0.560. The predicted octanol–water partition coefficient (Wildman–Crippen LogP) is 4.44. The summed E-state index contributed by atoms with van der Waals surface area (Å²) in [6.07, 6.45) is 0.150. The highest BCUT2D eigenvalue weighted by atomic mass is 79.9. The third kappa shape index (κ3) is 2.38. The van der Waals surface area contributed by atoms with E-state index in [4.69, 9.17) is 34.8 Å². The highest BCUT2D eigenvalue weighted by Crippen LogP contribution is 2.49. The fourth-order valence-corrected chi connectivity index (χ4v) is 3.57. The molecule has 18 heavy (non-hydrogen) atoms. The lowest BCUT2D eigenvalue weighted by Gasteiger charge is -2.27. The van der Waals surface area contributed by atoms with E-state index in [0.29, 0.717) is 0 Å². The molecule has 1 aliphatic heterocycles. The van der Waals surface area contributed by atoms with Crippen molar-refractivity contribution < 1.29 is 4.79 Å². The number of carbonyl (C=O) groups excluding carboxylic acids is 1. The van der Waals surface area contributed by atoms with E-state index in [0.717, 1.165) is 15.7 Å². The molecule has 6 heteroatoms. The lowest BCUT2D eigenvalue weighted by molar-refractivity contribution is -0.122. The second-order valence-corrected chi connectivity index (χ2v) is 8.08. The van der Waals surface area contributed by atoms with E-state index in [1.165, 1.54) is 0 Å². The number of alkyl halides is 3. The first-order valence-electron chi connectivity index (χ1n) is 5.30. The van der Waals surface area contributed by atoms with Crippen LogP contribution >= 0.6 is 50.7 Å². The molecule has 2 rings (SSSR count). The van der Waals surface area contributed by atoms with Gasteiger partial charge in [-0.1, -0.05) is 50.7 Å². The quantitative estimate of drug-likeness (QED) is 0.668. The lowest BCUT2D eigenvalue weighted by Crippen LogP contribution is -2.38. The predicted molar refractivity (Wildman–Crippen MR) is 79.8 cm³/mol. The number of fused-ring (bicyclic) bond motifs is 1. The molecule has 2 nitrogen and oxygen atoms in total. The number of carbonyl (C=O) groups is 1. The van der Waals surface area contributed by atoms with Crippen LogP contribution in [0.4, 0.5) is 5.69 Å². The summed E-state index contributed by atoms with van der Waals surface area (Å²) >= 11 is 21.0. The van der Waals surface area contributed by atoms with Crippen LogP contribution in [0.3, 0.4) is 0 Å². The van der Waals surface area contributed by atoms with Gasteiger partial charge in [0.05, 0.1) is 5.41 Å². The Balaban J connectivity index is 2.57. The average Bonchev–Trinajstić information content (AvgIpc) is 2.39. The molecule has 1 atom stereocenters. The first-order chi connectivity index (χ1) is 8.15. The van der Waals surface area contributed by atoms with Crippen molar-refractivity contribution >= 4 is 62.3 Å². The maximum Gasteiger partial charge on any atom is 0.237 e. The van der Waals surface area contributed by atoms with Crippen LogP contribution in [0, 0.1) is 0 Å². The Morgan fingerprint density at radius 1 is 1.39 bits per heavy atom. The lowest BCUT2D eigenvalue weighted by atomic mass is 9.81. The van der Waals surface area contributed by atoms with Crippen molar-refractivity contribution in [3.05, 3.63) is 28.2 Å². The standard InChI is InChI=1S/C12H11BrCl3NO/c1-11(6-12(14,15)16)8-5-7(13)3-4-9(8)17(2)10(11)18/h3-5H,6H2,1-2H3. The molecule has 0 bridgehead atoms. The zero-order valence-electron chi connectivity index (χ0n) is 9.81. The van der Waals surface area contributed by atoms with E-state index < -0.39 is 9.21 Å². The van der Waals surface area contributed by atoms with Gasteiger partial charge in [-0.2, -0.15) is 0 Å². The van der Waals surface area contributed by atoms with Crippen LogP contribution < -0.4 is 4.90 Å². The summed E-state index contributed by atoms with van der Waals surface area (Å²) in [5.41, 5.74) is 0.940. The summed E-state index contributed by atoms with van der Waals surface area (Å²) in [6.45, 7) is 1.81. The molecule has 0 aromatic heterocycles. The van der Waals surface area contributed by atoms with Crippen molar-refractivity contribution in [2.45, 2.75) is 22.6 Å². The first-order valence-corrected chi connectivity index (χ1v) is 7.23. The third-order valence-corrected chi connectivity index (χ3v) is 4.14. The minimum absolute atomic E-state index is 0.0538. The van der Waals surface area contributed by atoms with E-state index >= 15 is 0 Å². The van der Waals surface area contributed by atoms with Crippen molar-refractivity contribution in [3.8, 4) is 0 Å². The monoisotopic (exact) mass is 369 g/mol. The van der Waals surface area contributed by atoms with Gasteiger partial charge in [-0.25, -0.2) is 0 Å². The van der Waals surface area contributed by atoms with Gasteiger partial charge in [-0.3, -0.25) is 4.79 Å². The molecule has 1 aromatic carbocycles. The first kappa shape index (κ1) is 14.4. The SMILES string of the molecule is CN1C(=O)C(C)(CC(Cl)(Cl)Cl)c2cc(Br)ccc21. The second kappa shape index (κ2) is 4.55. The Bertz CT molecular complexity index is 515. The highest BCUT2D eigenvalue weighted by molar-refractivity contribution is 9.10. The van der Waals surface area contributed by atoms with Gasteiger partial charge in [-0.05, 0) is 30.7 Å². The average molecular weight is 371 g/mol. The number of halogens is 4. The van der Waals surface area contributed by atoms with Crippen LogP contribution in [0.1, 0.15) is 18.9 Å². The van der Waals surface area contributed by atoms with Crippen molar-refractivity contribution in [1.29, 1.82) is 0 Å². The van der Waals surface area contributed by atoms with Crippen LogP contribution in [0.2, 0.25) is 0 Å². The molecule has 1 aliphatic rings. The molecule has 98 valence electrons. The van der Waals surface area contributed by atoms with E-state index in [-0.39, 0.29) is 12.3 Å². The Labute approximate surface area is 129 Å². The van der Waals surface area contributed by atoms with Gasteiger partial charge in [0.2, 0.25) is 5.91 Å². The molecule has 0 aliphatic carbocycles. The van der Waals surface area contributed by atoms with E-state index in [9.17, 15) is 4.79 Å². The Morgan fingerprint density at radius 3 is 2.56 bits per heavy atom. The number of rotatable bonds is 1. The van der Waals surface area contributed by atoms with Crippen LogP contribution in [0.5, 0.6) is 0 Å². The highest BCUT2D eigenvalue weighted by Gasteiger charge is 2.49. The van der Waals surface area contributed by atoms with Crippen molar-refractivity contribution in [2.75, 3.05) is 11.9 Å². The van der Waals surface area contributed by atoms with Gasteiger partial charge >= 0.3 is 0 Å². The number of likely N-dealkylation sites (N-methyl/N-ethyl adjacent to an activating group) is 1. The fraction of sp³-hybridized carbons (Fsp3) is 0.417. The van der Waals surface area contributed by atoms with Crippen LogP contribution in [0.25, 0.3) is 0 Å². The van der Waals surface area contributed by atoms with E-state index in [1.54, 1.807) is 11.9 Å². The molecule has 0 saturated carbocycles. The van der Waals surface area contributed by atoms with E-state index in [2.05, 4.69) is 15.9 Å². The molecule has 1 heterocycles. The third-order valence-electron chi connectivity index (χ3n) is 3.25. The zero-order chi connectivity index (χ0) is 13.7. The molecule has 0 fully saturated rings. The molecule has 1 aromatic rings. The van der Waals surface area contributed by atoms with Gasteiger partial charge in [0.1, 0.15) is 0 Å². The van der Waals surface area contributed by atoms with Gasteiger partial charge in [0.25, 0.3) is 0 Å². The summed E-state index contributed by atoms with van der Waals surface area (Å²) in [5, 5.41) is 0. The number of anilines is 1. The largest absolute Gasteiger partial charge is 0.314 e. The van der Waals surface area contributed by atoms with Crippen LogP contribution in [0.15, 0.2) is 22.7 Å². The summed E-state index contributed by atoms with van der Waals surface area (Å²) in [6, 6.07) is 5.69. The molecule has 0 saturated heterocycles. The van der Waals surface area contributed by atoms with Gasteiger partial charge < -0.3 is 4.90 Å². The Morgan fingerprint density at radius 2 is 2.00 bits per heavy atom. The smallest absolute Gasteiger partial charge is 0.237 e. The van der Waals surface area contributed by atoms with Gasteiger partial charge in [0, 0.05) is 23.6 Å². The van der Waals surface area contributed by atoms with Gasteiger partial charge in [0.15, 0.2) is 3.79 Å². The normalized spacial score (nSPS) is 23.4. The molecular formula is C12H11BrCl3NO. The Hall–Kier alpha value is 0.0400. The molecule has 0 N–H and O–H groups in total. The van der Waals surface area contributed by atoms with Crippen molar-refractivity contribution in [1.82, 2.24) is 0 Å². The second-order valence-electron chi connectivity index (χ2n) is 4.65. The molecule has 1 unspecified atom stereocenters. The number of nitrogens with zero attached hydrogens (tertiary/aromatic N) is 1. The van der Waals surface area contributed by atoms with E-state index in [1.807, 2.05) is 25.1 Å². The van der Waals surface area contributed by atoms with Crippen LogP contribution in [-0.2, 0) is 10.2 Å². The summed E-state index contributed by atoms with van der Waals surface area (Å²) in [4.78, 5) is 14.0. The topological polar surface area (TPSA) is 20.3 Å². The Kier molecular flexibility index (Phi) is 3.65.